The first-order valence-corrected chi connectivity index (χ1v) is 15.7. The van der Waals surface area contributed by atoms with Gasteiger partial charge < -0.3 is 24.8 Å². The molecule has 0 atom stereocenters. The second-order valence-electron chi connectivity index (χ2n) is 10.4. The lowest BCUT2D eigenvalue weighted by Crippen LogP contribution is -2.21. The zero-order valence-corrected chi connectivity index (χ0v) is 29.1. The molecular formula is C31H35Cl2IN6O5. The maximum absolute atomic E-state index is 13.1. The van der Waals surface area contributed by atoms with Crippen LogP contribution in [0.5, 0.6) is 11.5 Å². The summed E-state index contributed by atoms with van der Waals surface area (Å²) in [6.07, 6.45) is 1.55. The quantitative estimate of drug-likeness (QED) is 0.111. The zero-order chi connectivity index (χ0) is 33.9. The van der Waals surface area contributed by atoms with Crippen LogP contribution in [0, 0.1) is 0 Å². The highest BCUT2D eigenvalue weighted by atomic mass is 127. The van der Waals surface area contributed by atoms with Gasteiger partial charge in [-0.1, -0.05) is 66.6 Å². The van der Waals surface area contributed by atoms with E-state index in [1.165, 1.54) is 7.11 Å². The molecular weight excluding hydrogens is 734 g/mol. The lowest BCUT2D eigenvalue weighted by Gasteiger charge is -2.14. The Morgan fingerprint density at radius 2 is 1.71 bits per heavy atom. The van der Waals surface area contributed by atoms with Crippen molar-refractivity contribution in [2.75, 3.05) is 41.7 Å². The summed E-state index contributed by atoms with van der Waals surface area (Å²) in [4.78, 5) is 29.4. The Hall–Kier alpha value is -3.59. The van der Waals surface area contributed by atoms with Crippen molar-refractivity contribution < 1.29 is 25.2 Å². The van der Waals surface area contributed by atoms with Crippen molar-refractivity contribution in [1.82, 2.24) is 14.8 Å². The first-order valence-electron chi connectivity index (χ1n) is 14.1. The van der Waals surface area contributed by atoms with E-state index in [4.69, 9.17) is 43.9 Å². The van der Waals surface area contributed by atoms with Crippen molar-refractivity contribution in [2.24, 2.45) is 0 Å². The minimum Gasteiger partial charge on any atom is -0.497 e. The van der Waals surface area contributed by atoms with Crippen LogP contribution in [0.1, 0.15) is 33.4 Å². The fraction of sp³-hybridized carbons (Fsp3) is 0.290. The monoisotopic (exact) mass is 769 g/mol. The van der Waals surface area contributed by atoms with Crippen LogP contribution < -0.4 is 25.4 Å². The van der Waals surface area contributed by atoms with Crippen LogP contribution in [0.15, 0.2) is 60.8 Å². The Kier molecular flexibility index (Phi) is 12.7. The number of methoxy groups -OCH3 is 2. The number of benzene rings is 2. The van der Waals surface area contributed by atoms with Gasteiger partial charge in [0.1, 0.15) is 41.4 Å². The minimum atomic E-state index is -0.540. The third-order valence-electron chi connectivity index (χ3n) is 6.09. The standard InChI is InChI=1S/C30H32Cl2N6O5.CH3I/c1-30(2,3)23-15-25(38(37-23)19-6-8-20(42-5)9-7-19)36-29(40)34-21-10-11-22(28(32)27(21)31)43-16-18-12-13-33-24(14-18)35-26(39)17-41-4;1-2/h6-15H,16-17H2,1-5H3,(H,33,35,39)(H2,34,36,40);1H3/i;1D. The van der Waals surface area contributed by atoms with Crippen LogP contribution in [0.2, 0.25) is 10.0 Å². The van der Waals surface area contributed by atoms with Crippen molar-refractivity contribution in [1.29, 1.82) is 0 Å². The number of halogens is 3. The van der Waals surface area contributed by atoms with Crippen molar-refractivity contribution in [3.8, 4) is 17.2 Å². The van der Waals surface area contributed by atoms with Gasteiger partial charge in [0.25, 0.3) is 5.91 Å². The Morgan fingerprint density at radius 3 is 2.36 bits per heavy atom. The second kappa shape index (κ2) is 16.6. The van der Waals surface area contributed by atoms with Crippen LogP contribution in [-0.4, -0.2) is 52.4 Å². The summed E-state index contributed by atoms with van der Waals surface area (Å²) in [6, 6.07) is 15.2. The molecule has 0 fully saturated rings. The van der Waals surface area contributed by atoms with Gasteiger partial charge in [0.15, 0.2) is 0 Å². The molecule has 4 rings (SSSR count). The minimum absolute atomic E-state index is 0.0841. The molecule has 3 amide bonds. The molecule has 2 aromatic heterocycles. The Balaban J connectivity index is 0.00000185. The number of nitrogens with zero attached hydrogens (tertiary/aromatic N) is 3. The third kappa shape index (κ3) is 9.95. The van der Waals surface area contributed by atoms with Gasteiger partial charge in [-0.3, -0.25) is 10.1 Å². The first kappa shape index (κ1) is 34.3. The summed E-state index contributed by atoms with van der Waals surface area (Å²) >= 11 is 15.0. The number of hydrogen-bond donors (Lipinski definition) is 3. The van der Waals surface area contributed by atoms with Gasteiger partial charge in [0.05, 0.1) is 29.2 Å². The predicted octanol–water partition coefficient (Wildman–Crippen LogP) is 7.74. The third-order valence-corrected chi connectivity index (χ3v) is 6.96. The second-order valence-corrected chi connectivity index (χ2v) is 11.2. The Labute approximate surface area is 287 Å². The number of rotatable bonds is 10. The number of urea groups is 1. The van der Waals surface area contributed by atoms with E-state index >= 15 is 0 Å². The van der Waals surface area contributed by atoms with Crippen molar-refractivity contribution in [3.63, 3.8) is 0 Å². The van der Waals surface area contributed by atoms with Gasteiger partial charge in [-0.05, 0) is 59.0 Å². The molecule has 0 spiro atoms. The highest BCUT2D eigenvalue weighted by Gasteiger charge is 2.22. The van der Waals surface area contributed by atoms with Crippen LogP contribution in [0.25, 0.3) is 5.69 Å². The molecule has 3 N–H and O–H groups in total. The highest BCUT2D eigenvalue weighted by Crippen LogP contribution is 2.38. The molecule has 0 saturated heterocycles. The highest BCUT2D eigenvalue weighted by molar-refractivity contribution is 14.1. The van der Waals surface area contributed by atoms with Crippen molar-refractivity contribution in [2.45, 2.75) is 32.8 Å². The molecule has 0 bridgehead atoms. The summed E-state index contributed by atoms with van der Waals surface area (Å²) in [5.41, 5.74) is 2.30. The average molecular weight is 770 g/mol. The Morgan fingerprint density at radius 1 is 1.00 bits per heavy atom. The fourth-order valence-electron chi connectivity index (χ4n) is 3.87. The number of pyridine rings is 1. The van der Waals surface area contributed by atoms with Gasteiger partial charge in [-0.25, -0.2) is 14.5 Å². The lowest BCUT2D eigenvalue weighted by atomic mass is 9.92. The molecule has 4 aromatic rings. The summed E-state index contributed by atoms with van der Waals surface area (Å²) < 4.78 is 23.8. The van der Waals surface area contributed by atoms with E-state index in [9.17, 15) is 9.59 Å². The number of alkyl halides is 1. The Bertz CT molecular complexity index is 1630. The maximum atomic E-state index is 13.1. The molecule has 240 valence electrons. The molecule has 0 aliphatic heterocycles. The molecule has 0 saturated carbocycles. The van der Waals surface area contributed by atoms with E-state index in [-0.39, 0.29) is 40.3 Å². The average Bonchev–Trinajstić information content (AvgIpc) is 3.44. The number of aromatic nitrogens is 3. The van der Waals surface area contributed by atoms with E-state index in [1.54, 1.807) is 42.3 Å². The largest absolute Gasteiger partial charge is 0.497 e. The van der Waals surface area contributed by atoms with Gasteiger partial charge in [-0.2, -0.15) is 5.10 Å². The maximum Gasteiger partial charge on any atom is 0.324 e. The van der Waals surface area contributed by atoms with Crippen LogP contribution in [0.4, 0.5) is 22.1 Å². The van der Waals surface area contributed by atoms with E-state index < -0.39 is 6.03 Å². The van der Waals surface area contributed by atoms with Crippen LogP contribution in [-0.2, 0) is 21.6 Å². The zero-order valence-electron chi connectivity index (χ0n) is 26.4. The van der Waals surface area contributed by atoms with Gasteiger partial charge in [0, 0.05) is 26.2 Å². The first-order chi connectivity index (χ1) is 21.9. The summed E-state index contributed by atoms with van der Waals surface area (Å²) in [5, 5.41) is 13.2. The topological polar surface area (TPSA) is 129 Å². The van der Waals surface area contributed by atoms with Crippen molar-refractivity contribution in [3.05, 3.63) is 82.1 Å². The predicted molar refractivity (Wildman–Crippen MR) is 187 cm³/mol. The molecule has 0 radical (unpaired) electrons. The SMILES string of the molecule is COCC(=O)Nc1cc(COc2ccc(NC(=O)Nc3cc(C(C)(C)C)nn3-c3ccc(OC)cc3)c(Cl)c2Cl)ccn1.[2H]CI. The smallest absolute Gasteiger partial charge is 0.324 e. The van der Waals surface area contributed by atoms with Crippen LogP contribution in [0.3, 0.4) is 0 Å². The number of nitrogens with one attached hydrogen (secondary N) is 3. The number of hydrogen-bond acceptors (Lipinski definition) is 7. The number of anilines is 3. The molecule has 0 unspecified atom stereocenters. The van der Waals surface area contributed by atoms with E-state index in [0.29, 0.717) is 28.0 Å². The van der Waals surface area contributed by atoms with E-state index in [2.05, 4.69) is 20.9 Å². The molecule has 2 aromatic carbocycles. The molecule has 0 aliphatic carbocycles. The lowest BCUT2D eigenvalue weighted by molar-refractivity contribution is -0.119. The number of carbonyl (C=O) groups is 2. The molecule has 0 aliphatic rings. The number of carbonyl (C=O) groups excluding carboxylic acids is 2. The van der Waals surface area contributed by atoms with Crippen LogP contribution >= 0.6 is 45.8 Å². The van der Waals surface area contributed by atoms with E-state index in [0.717, 1.165) is 16.9 Å². The van der Waals surface area contributed by atoms with Crippen molar-refractivity contribution >= 4 is 75.1 Å². The van der Waals surface area contributed by atoms with E-state index in [1.807, 2.05) is 73.7 Å². The molecule has 11 nitrogen and oxygen atoms in total. The number of amides is 3. The molecule has 2 heterocycles. The van der Waals surface area contributed by atoms with Gasteiger partial charge >= 0.3 is 6.03 Å². The summed E-state index contributed by atoms with van der Waals surface area (Å²) in [6.45, 7) is 6.16. The number of ether oxygens (including phenoxy) is 3. The van der Waals surface area contributed by atoms with Gasteiger partial charge in [0.2, 0.25) is 0 Å². The summed E-state index contributed by atoms with van der Waals surface area (Å²) in [7, 11) is 3.03. The summed E-state index contributed by atoms with van der Waals surface area (Å²) in [5.74, 6) is 1.52. The fourth-order valence-corrected chi connectivity index (χ4v) is 4.29. The normalized spacial score (nSPS) is 11.1. The molecule has 45 heavy (non-hydrogen) atoms. The van der Waals surface area contributed by atoms with Gasteiger partial charge in [-0.15, -0.1) is 0 Å². The molecule has 14 heteroatoms.